The Bertz CT molecular complexity index is 539. The third-order valence-electron chi connectivity index (χ3n) is 3.38. The van der Waals surface area contributed by atoms with Crippen LogP contribution < -0.4 is 5.32 Å². The highest BCUT2D eigenvalue weighted by Crippen LogP contribution is 2.20. The smallest absolute Gasteiger partial charge is 0.149 e. The fraction of sp³-hybridized carbons (Fsp3) is 0.467. The van der Waals surface area contributed by atoms with E-state index < -0.39 is 0 Å². The molecule has 0 saturated carbocycles. The summed E-state index contributed by atoms with van der Waals surface area (Å²) in [5.74, 6) is 0.955. The molecule has 0 spiro atoms. The summed E-state index contributed by atoms with van der Waals surface area (Å²) >= 11 is 0. The van der Waals surface area contributed by atoms with Crippen LogP contribution in [0.15, 0.2) is 24.5 Å². The maximum atomic E-state index is 4.15. The first-order valence-corrected chi connectivity index (χ1v) is 6.65. The highest BCUT2D eigenvalue weighted by Gasteiger charge is 2.15. The Kier molecular flexibility index (Phi) is 4.00. The molecule has 0 aliphatic carbocycles. The van der Waals surface area contributed by atoms with Crippen LogP contribution in [-0.4, -0.2) is 14.8 Å². The molecule has 1 aromatic heterocycles. The highest BCUT2D eigenvalue weighted by atomic mass is 15.3. The zero-order valence-electron chi connectivity index (χ0n) is 12.3. The maximum Gasteiger partial charge on any atom is 0.149 e. The van der Waals surface area contributed by atoms with Crippen molar-refractivity contribution < 1.29 is 0 Å². The molecule has 19 heavy (non-hydrogen) atoms. The van der Waals surface area contributed by atoms with Crippen molar-refractivity contribution in [2.75, 3.05) is 0 Å². The van der Waals surface area contributed by atoms with Gasteiger partial charge in [0.05, 0.1) is 6.04 Å². The molecule has 0 fully saturated rings. The van der Waals surface area contributed by atoms with Gasteiger partial charge >= 0.3 is 0 Å². The fourth-order valence-corrected chi connectivity index (χ4v) is 2.49. The van der Waals surface area contributed by atoms with Crippen LogP contribution in [0, 0.1) is 13.8 Å². The van der Waals surface area contributed by atoms with Gasteiger partial charge in [-0.15, -0.1) is 10.2 Å². The van der Waals surface area contributed by atoms with Crippen molar-refractivity contribution in [3.63, 3.8) is 0 Å². The minimum absolute atomic E-state index is 0.170. The average molecular weight is 258 g/mol. The second kappa shape index (κ2) is 5.53. The Balaban J connectivity index is 2.12. The van der Waals surface area contributed by atoms with E-state index in [9.17, 15) is 0 Å². The monoisotopic (exact) mass is 258 g/mol. The molecule has 2 rings (SSSR count). The number of hydrogen-bond acceptors (Lipinski definition) is 3. The Morgan fingerprint density at radius 1 is 1.05 bits per heavy atom. The van der Waals surface area contributed by atoms with Crippen LogP contribution >= 0.6 is 0 Å². The van der Waals surface area contributed by atoms with E-state index in [1.54, 1.807) is 6.33 Å². The van der Waals surface area contributed by atoms with Crippen LogP contribution in [0.5, 0.6) is 0 Å². The van der Waals surface area contributed by atoms with Gasteiger partial charge in [-0.1, -0.05) is 29.3 Å². The maximum absolute atomic E-state index is 4.15. The molecule has 1 heterocycles. The zero-order chi connectivity index (χ0) is 14.0. The molecule has 2 atom stereocenters. The van der Waals surface area contributed by atoms with Crippen molar-refractivity contribution >= 4 is 0 Å². The molecule has 0 saturated heterocycles. The molecular formula is C15H22N4. The number of nitrogens with zero attached hydrogens (tertiary/aromatic N) is 3. The van der Waals surface area contributed by atoms with Gasteiger partial charge in [0.2, 0.25) is 0 Å². The van der Waals surface area contributed by atoms with Crippen molar-refractivity contribution in [1.29, 1.82) is 0 Å². The summed E-state index contributed by atoms with van der Waals surface area (Å²) in [4.78, 5) is 0. The molecule has 2 aromatic rings. The van der Waals surface area contributed by atoms with Crippen LogP contribution in [-0.2, 0) is 7.05 Å². The molecule has 1 aromatic carbocycles. The molecular weight excluding hydrogens is 236 g/mol. The Hall–Kier alpha value is -1.68. The van der Waals surface area contributed by atoms with Gasteiger partial charge in [-0.3, -0.25) is 0 Å². The predicted molar refractivity (Wildman–Crippen MR) is 76.9 cm³/mol. The summed E-state index contributed by atoms with van der Waals surface area (Å²) in [5, 5.41) is 11.6. The minimum Gasteiger partial charge on any atom is -0.319 e. The molecule has 4 heteroatoms. The van der Waals surface area contributed by atoms with Crippen LogP contribution in [0.2, 0.25) is 0 Å². The molecule has 0 amide bonds. The third kappa shape index (κ3) is 3.20. The lowest BCUT2D eigenvalue weighted by molar-refractivity contribution is 0.465. The summed E-state index contributed by atoms with van der Waals surface area (Å²) in [5.41, 5.74) is 3.91. The van der Waals surface area contributed by atoms with Crippen molar-refractivity contribution in [1.82, 2.24) is 20.1 Å². The first kappa shape index (κ1) is 13.7. The number of hydrogen-bond donors (Lipinski definition) is 1. The Morgan fingerprint density at radius 3 is 2.21 bits per heavy atom. The summed E-state index contributed by atoms with van der Waals surface area (Å²) in [6.45, 7) is 8.56. The zero-order valence-corrected chi connectivity index (χ0v) is 12.3. The van der Waals surface area contributed by atoms with Crippen LogP contribution in [0.3, 0.4) is 0 Å². The number of aryl methyl sites for hydroxylation is 3. The molecule has 102 valence electrons. The van der Waals surface area contributed by atoms with E-state index in [-0.39, 0.29) is 12.1 Å². The van der Waals surface area contributed by atoms with Gasteiger partial charge in [-0.05, 0) is 33.3 Å². The second-order valence-corrected chi connectivity index (χ2v) is 5.33. The first-order valence-electron chi connectivity index (χ1n) is 6.65. The van der Waals surface area contributed by atoms with Crippen molar-refractivity contribution in [3.8, 4) is 0 Å². The molecule has 0 aliphatic rings. The number of benzene rings is 1. The van der Waals surface area contributed by atoms with Crippen LogP contribution in [0.25, 0.3) is 0 Å². The lowest BCUT2D eigenvalue weighted by Crippen LogP contribution is -2.24. The van der Waals surface area contributed by atoms with E-state index in [0.29, 0.717) is 0 Å². The molecule has 2 unspecified atom stereocenters. The highest BCUT2D eigenvalue weighted by molar-refractivity contribution is 5.30. The normalized spacial score (nSPS) is 14.4. The lowest BCUT2D eigenvalue weighted by Gasteiger charge is -2.20. The number of aromatic nitrogens is 3. The number of nitrogens with one attached hydrogen (secondary N) is 1. The van der Waals surface area contributed by atoms with Gasteiger partial charge in [0.1, 0.15) is 12.2 Å². The standard InChI is InChI=1S/C15H22N4/c1-10-6-11(2)8-14(7-10)12(3)17-13(4)15-18-16-9-19(15)5/h6-9,12-13,17H,1-5H3. The van der Waals surface area contributed by atoms with Crippen LogP contribution in [0.4, 0.5) is 0 Å². The van der Waals surface area contributed by atoms with E-state index in [0.717, 1.165) is 5.82 Å². The number of rotatable bonds is 4. The Labute approximate surface area is 114 Å². The van der Waals surface area contributed by atoms with Gasteiger partial charge < -0.3 is 9.88 Å². The van der Waals surface area contributed by atoms with E-state index in [1.807, 2.05) is 11.6 Å². The molecule has 4 nitrogen and oxygen atoms in total. The van der Waals surface area contributed by atoms with Crippen molar-refractivity contribution in [2.24, 2.45) is 7.05 Å². The van der Waals surface area contributed by atoms with E-state index in [4.69, 9.17) is 0 Å². The van der Waals surface area contributed by atoms with E-state index >= 15 is 0 Å². The first-order chi connectivity index (χ1) is 8.97. The van der Waals surface area contributed by atoms with E-state index in [2.05, 4.69) is 61.4 Å². The van der Waals surface area contributed by atoms with Crippen molar-refractivity contribution in [2.45, 2.75) is 39.8 Å². The summed E-state index contributed by atoms with van der Waals surface area (Å²) in [7, 11) is 1.97. The topological polar surface area (TPSA) is 42.7 Å². The van der Waals surface area contributed by atoms with Gasteiger partial charge in [-0.25, -0.2) is 0 Å². The quantitative estimate of drug-likeness (QED) is 0.917. The fourth-order valence-electron chi connectivity index (χ4n) is 2.49. The molecule has 1 N–H and O–H groups in total. The largest absolute Gasteiger partial charge is 0.319 e. The second-order valence-electron chi connectivity index (χ2n) is 5.33. The SMILES string of the molecule is Cc1cc(C)cc(C(C)NC(C)c2nncn2C)c1. The molecule has 0 bridgehead atoms. The summed E-state index contributed by atoms with van der Waals surface area (Å²) < 4.78 is 1.95. The summed E-state index contributed by atoms with van der Waals surface area (Å²) in [6.07, 6.45) is 1.73. The van der Waals surface area contributed by atoms with Gasteiger partial charge in [0, 0.05) is 13.1 Å². The predicted octanol–water partition coefficient (Wildman–Crippen LogP) is 2.84. The average Bonchev–Trinajstić information content (AvgIpc) is 2.74. The van der Waals surface area contributed by atoms with E-state index in [1.165, 1.54) is 16.7 Å². The van der Waals surface area contributed by atoms with Gasteiger partial charge in [-0.2, -0.15) is 0 Å². The third-order valence-corrected chi connectivity index (χ3v) is 3.38. The Morgan fingerprint density at radius 2 is 1.68 bits per heavy atom. The van der Waals surface area contributed by atoms with Gasteiger partial charge in [0.25, 0.3) is 0 Å². The molecule has 0 radical (unpaired) electrons. The minimum atomic E-state index is 0.170. The van der Waals surface area contributed by atoms with Crippen molar-refractivity contribution in [3.05, 3.63) is 47.0 Å². The van der Waals surface area contributed by atoms with Gasteiger partial charge in [0.15, 0.2) is 0 Å². The van der Waals surface area contributed by atoms with Crippen LogP contribution in [0.1, 0.15) is 48.4 Å². The lowest BCUT2D eigenvalue weighted by atomic mass is 10.0. The molecule has 0 aliphatic heterocycles. The summed E-state index contributed by atoms with van der Waals surface area (Å²) in [6, 6.07) is 7.11.